The lowest BCUT2D eigenvalue weighted by molar-refractivity contribution is -0.134. The number of anilines is 2. The van der Waals surface area contributed by atoms with Crippen LogP contribution < -0.4 is 20.0 Å². The molecule has 3 aliphatic heterocycles. The van der Waals surface area contributed by atoms with Gasteiger partial charge in [0.15, 0.2) is 5.82 Å². The van der Waals surface area contributed by atoms with Gasteiger partial charge in [-0.05, 0) is 18.9 Å². The Balaban J connectivity index is 1.26. The van der Waals surface area contributed by atoms with E-state index in [-0.39, 0.29) is 50.7 Å². The van der Waals surface area contributed by atoms with Crippen molar-refractivity contribution < 1.29 is 37.7 Å². The molecule has 15 nitrogen and oxygen atoms in total. The zero-order chi connectivity index (χ0) is 36.7. The zero-order valence-corrected chi connectivity index (χ0v) is 30.7. The second kappa shape index (κ2) is 16.7. The molecule has 3 aliphatic rings. The number of ether oxygens (including phenoxy) is 3. The van der Waals surface area contributed by atoms with Crippen molar-refractivity contribution in [1.29, 1.82) is 0 Å². The molecule has 1 unspecified atom stereocenters. The van der Waals surface area contributed by atoms with Crippen molar-refractivity contribution in [2.24, 2.45) is 0 Å². The molecule has 6 rings (SSSR count). The fraction of sp³-hybridized carbons (Fsp3) is 0.472. The number of amides is 3. The quantitative estimate of drug-likeness (QED) is 0.200. The summed E-state index contributed by atoms with van der Waals surface area (Å²) in [6.45, 7) is 4.56. The molecule has 52 heavy (non-hydrogen) atoms. The van der Waals surface area contributed by atoms with Gasteiger partial charge < -0.3 is 43.8 Å². The van der Waals surface area contributed by atoms with E-state index in [0.29, 0.717) is 42.8 Å². The Morgan fingerprint density at radius 1 is 1.02 bits per heavy atom. The van der Waals surface area contributed by atoms with Crippen molar-refractivity contribution in [3.63, 3.8) is 0 Å². The Labute approximate surface area is 303 Å². The Morgan fingerprint density at radius 3 is 2.50 bits per heavy atom. The summed E-state index contributed by atoms with van der Waals surface area (Å²) in [6, 6.07) is 15.0. The number of nitrogens with zero attached hydrogens (tertiary/aromatic N) is 5. The molecule has 1 aromatic heterocycles. The predicted octanol–water partition coefficient (Wildman–Crippen LogP) is 4.39. The van der Waals surface area contributed by atoms with Crippen LogP contribution in [0.4, 0.5) is 16.3 Å². The lowest BCUT2D eigenvalue weighted by Crippen LogP contribution is -2.57. The minimum atomic E-state index is -3.76. The summed E-state index contributed by atoms with van der Waals surface area (Å²) >= 11 is 0. The number of carbonyl (C=O) groups is 3. The lowest BCUT2D eigenvalue weighted by atomic mass is 10.2. The third-order valence-corrected chi connectivity index (χ3v) is 11.4. The summed E-state index contributed by atoms with van der Waals surface area (Å²) in [4.78, 5) is 55.6. The summed E-state index contributed by atoms with van der Waals surface area (Å²) < 4.78 is 36.7. The predicted molar refractivity (Wildman–Crippen MR) is 195 cm³/mol. The van der Waals surface area contributed by atoms with Gasteiger partial charge in [0.25, 0.3) is 13.4 Å². The second-order valence-electron chi connectivity index (χ2n) is 12.9. The van der Waals surface area contributed by atoms with Crippen molar-refractivity contribution in [3.8, 4) is 17.1 Å². The van der Waals surface area contributed by atoms with Crippen LogP contribution in [-0.4, -0.2) is 116 Å². The number of rotatable bonds is 12. The molecule has 278 valence electrons. The normalized spacial score (nSPS) is 20.4. The molecule has 2 N–H and O–H groups in total. The van der Waals surface area contributed by atoms with E-state index in [4.69, 9.17) is 23.7 Å². The summed E-state index contributed by atoms with van der Waals surface area (Å²) in [5, 5.41) is 5.85. The number of para-hydroxylation sites is 1. The van der Waals surface area contributed by atoms with Crippen LogP contribution in [0.3, 0.4) is 0 Å². The van der Waals surface area contributed by atoms with Gasteiger partial charge >= 0.3 is 6.09 Å². The Kier molecular flexibility index (Phi) is 11.9. The van der Waals surface area contributed by atoms with Crippen molar-refractivity contribution in [1.82, 2.24) is 25.1 Å². The van der Waals surface area contributed by atoms with E-state index in [1.165, 1.54) is 7.11 Å². The van der Waals surface area contributed by atoms with E-state index in [2.05, 4.69) is 15.4 Å². The van der Waals surface area contributed by atoms with Gasteiger partial charge in [0.2, 0.25) is 5.91 Å². The highest BCUT2D eigenvalue weighted by atomic mass is 31.2. The largest absolute Gasteiger partial charge is 0.495 e. The highest BCUT2D eigenvalue weighted by Gasteiger charge is 2.40. The Bertz CT molecular complexity index is 1780. The minimum Gasteiger partial charge on any atom is -0.495 e. The molecule has 2 saturated heterocycles. The Hall–Kier alpha value is -4.72. The lowest BCUT2D eigenvalue weighted by Gasteiger charge is -2.37. The average molecular weight is 736 g/mol. The molecule has 0 spiro atoms. The second-order valence-corrected chi connectivity index (χ2v) is 15.1. The number of methoxy groups -OCH3 is 2. The SMILES string of the molecule is CCCCOC(=O)N1CCN(C(=O)[C@H](CP2(=O)Nc3c(cccc3OC)CO2)NC(=O)c2cc(N3CC[C@H](OC)C3)nc(-c3ccccc3)n2)CC1. The van der Waals surface area contributed by atoms with E-state index in [1.54, 1.807) is 29.0 Å². The van der Waals surface area contributed by atoms with Gasteiger partial charge in [-0.15, -0.1) is 0 Å². The van der Waals surface area contributed by atoms with Gasteiger partial charge in [0, 0.05) is 63.6 Å². The summed E-state index contributed by atoms with van der Waals surface area (Å²) in [5.41, 5.74) is 2.03. The monoisotopic (exact) mass is 735 g/mol. The third-order valence-electron chi connectivity index (χ3n) is 9.42. The molecule has 3 amide bonds. The molecule has 2 fully saturated rings. The van der Waals surface area contributed by atoms with Crippen molar-refractivity contribution in [2.45, 2.75) is 44.9 Å². The fourth-order valence-corrected chi connectivity index (χ4v) is 8.34. The summed E-state index contributed by atoms with van der Waals surface area (Å²) in [7, 11) is -0.580. The van der Waals surface area contributed by atoms with Crippen LogP contribution in [0.15, 0.2) is 54.6 Å². The van der Waals surface area contributed by atoms with Crippen LogP contribution in [0.25, 0.3) is 11.4 Å². The zero-order valence-electron chi connectivity index (χ0n) is 29.8. The smallest absolute Gasteiger partial charge is 0.409 e. The maximum Gasteiger partial charge on any atom is 0.409 e. The highest BCUT2D eigenvalue weighted by Crippen LogP contribution is 2.54. The van der Waals surface area contributed by atoms with E-state index in [1.807, 2.05) is 54.3 Å². The van der Waals surface area contributed by atoms with Gasteiger partial charge in [-0.2, -0.15) is 0 Å². The van der Waals surface area contributed by atoms with Crippen LogP contribution in [0.2, 0.25) is 0 Å². The standard InChI is InChI=1S/C36H46N7O8P/c1-4-5-20-50-36(46)42-18-16-41(17-19-42)35(45)29(24-52(47)40-32-26(23-51-52)12-9-13-30(32)49-3)38-34(44)28-21-31(43-15-14-27(22-43)48-2)39-33(37-28)25-10-7-6-8-11-25/h6-13,21,27,29H,4-5,14-20,22-24H2,1-3H3,(H,38,44)(H,40,47)/t27-,29-,52?/m0/s1. The molecular formula is C36H46N7O8P. The topological polar surface area (TPSA) is 165 Å². The summed E-state index contributed by atoms with van der Waals surface area (Å²) in [6.07, 6.45) is 1.73. The first-order valence-electron chi connectivity index (χ1n) is 17.6. The number of hydrogen-bond donors (Lipinski definition) is 2. The molecule has 0 radical (unpaired) electrons. The Morgan fingerprint density at radius 2 is 1.79 bits per heavy atom. The van der Waals surface area contributed by atoms with E-state index in [0.717, 1.165) is 30.4 Å². The summed E-state index contributed by atoms with van der Waals surface area (Å²) in [5.74, 6) is 0.287. The van der Waals surface area contributed by atoms with Crippen molar-refractivity contribution in [3.05, 3.63) is 65.9 Å². The molecule has 3 aromatic rings. The van der Waals surface area contributed by atoms with E-state index in [9.17, 15) is 18.9 Å². The number of hydrogen-bond acceptors (Lipinski definition) is 11. The number of piperazine rings is 1. The number of unbranched alkanes of at least 4 members (excludes halogenated alkanes) is 1. The van der Waals surface area contributed by atoms with Crippen molar-refractivity contribution >= 4 is 36.9 Å². The first-order valence-corrected chi connectivity index (χ1v) is 19.4. The van der Waals surface area contributed by atoms with Gasteiger partial charge in [-0.3, -0.25) is 14.2 Å². The number of nitrogens with one attached hydrogen (secondary N) is 2. The maximum atomic E-state index is 14.3. The molecule has 16 heteroatoms. The number of benzene rings is 2. The van der Waals surface area contributed by atoms with Gasteiger partial charge in [-0.1, -0.05) is 55.8 Å². The highest BCUT2D eigenvalue weighted by molar-refractivity contribution is 7.60. The first kappa shape index (κ1) is 37.1. The van der Waals surface area contributed by atoms with Crippen molar-refractivity contribution in [2.75, 3.05) is 76.2 Å². The molecule has 0 saturated carbocycles. The van der Waals surface area contributed by atoms with Crippen LogP contribution in [0, 0.1) is 0 Å². The molecule has 0 aliphatic carbocycles. The van der Waals surface area contributed by atoms with Crippen LogP contribution in [0.5, 0.6) is 5.75 Å². The molecule has 4 heterocycles. The minimum absolute atomic E-state index is 0.0250. The number of carbonyl (C=O) groups excluding carboxylic acids is 3. The average Bonchev–Trinajstić information content (AvgIpc) is 3.67. The van der Waals surface area contributed by atoms with Gasteiger partial charge in [0.1, 0.15) is 23.3 Å². The van der Waals surface area contributed by atoms with E-state index < -0.39 is 31.5 Å². The molecule has 3 atom stereocenters. The number of fused-ring (bicyclic) bond motifs is 1. The van der Waals surface area contributed by atoms with Crippen LogP contribution in [0.1, 0.15) is 42.2 Å². The number of aromatic nitrogens is 2. The van der Waals surface area contributed by atoms with Gasteiger partial charge in [-0.25, -0.2) is 14.8 Å². The maximum absolute atomic E-state index is 14.3. The first-order chi connectivity index (χ1) is 25.2. The van der Waals surface area contributed by atoms with Crippen LogP contribution in [-0.2, 0) is 30.0 Å². The van der Waals surface area contributed by atoms with Gasteiger partial charge in [0.05, 0.1) is 38.3 Å². The third kappa shape index (κ3) is 8.66. The van der Waals surface area contributed by atoms with Crippen LogP contribution >= 0.6 is 7.52 Å². The fourth-order valence-electron chi connectivity index (χ4n) is 6.41. The molecule has 2 aromatic carbocycles. The molecular weight excluding hydrogens is 689 g/mol. The van der Waals surface area contributed by atoms with E-state index >= 15 is 0 Å². The molecule has 0 bridgehead atoms.